The van der Waals surface area contributed by atoms with E-state index in [0.717, 1.165) is 13.4 Å². The zero-order valence-corrected chi connectivity index (χ0v) is 23.0. The number of rotatable bonds is 8. The summed E-state index contributed by atoms with van der Waals surface area (Å²) in [6, 6.07) is 15.1. The van der Waals surface area contributed by atoms with Gasteiger partial charge >= 0.3 is 11.9 Å². The van der Waals surface area contributed by atoms with Crippen molar-refractivity contribution in [3.05, 3.63) is 90.1 Å². The quantitative estimate of drug-likeness (QED) is 0.125. The lowest BCUT2D eigenvalue weighted by atomic mass is 10.1. The fourth-order valence-corrected chi connectivity index (χ4v) is 5.25. The second-order valence-corrected chi connectivity index (χ2v) is 9.93. The minimum absolute atomic E-state index is 0.0910. The SMILES string of the molecule is COc1cc(/C=N\NC(=O)c2cc3cc(Br)cc(I)c3o2)cc(Cl)c1OCc1cccc(C(=O)O)c1. The first kappa shape index (κ1) is 26.0. The van der Waals surface area contributed by atoms with E-state index in [1.807, 2.05) is 12.1 Å². The Morgan fingerprint density at radius 2 is 2.03 bits per heavy atom. The molecule has 3 aromatic carbocycles. The molecule has 0 fully saturated rings. The minimum atomic E-state index is -1.02. The van der Waals surface area contributed by atoms with Crippen LogP contribution in [0.4, 0.5) is 0 Å². The number of nitrogens with zero attached hydrogens (tertiary/aromatic N) is 1. The topological polar surface area (TPSA) is 110 Å². The molecule has 0 aliphatic carbocycles. The Balaban J connectivity index is 1.45. The fourth-order valence-electron chi connectivity index (χ4n) is 3.31. The normalized spacial score (nSPS) is 11.1. The summed E-state index contributed by atoms with van der Waals surface area (Å²) in [5, 5.41) is 14.2. The molecule has 4 aromatic rings. The second-order valence-electron chi connectivity index (χ2n) is 7.44. The van der Waals surface area contributed by atoms with Crippen molar-refractivity contribution in [2.45, 2.75) is 6.61 Å². The number of halogens is 3. The standard InChI is InChI=1S/C25H17BrClIN2O6/c1-34-20-7-14(6-18(27)23(20)35-12-13-3-2-4-15(5-13)25(32)33)11-29-30-24(31)21-9-16-8-17(26)10-19(28)22(16)36-21/h2-11H,12H2,1H3,(H,30,31)(H,32,33)/b29-11-. The van der Waals surface area contributed by atoms with Crippen molar-refractivity contribution in [1.82, 2.24) is 5.43 Å². The van der Waals surface area contributed by atoms with Gasteiger partial charge in [-0.25, -0.2) is 10.2 Å². The maximum absolute atomic E-state index is 12.5. The van der Waals surface area contributed by atoms with Crippen molar-refractivity contribution < 1.29 is 28.6 Å². The number of carbonyl (C=O) groups is 2. The predicted octanol–water partition coefficient (Wildman–Crippen LogP) is 6.50. The summed E-state index contributed by atoms with van der Waals surface area (Å²) in [6.45, 7) is 0.0910. The Morgan fingerprint density at radius 1 is 1.22 bits per heavy atom. The predicted molar refractivity (Wildman–Crippen MR) is 147 cm³/mol. The van der Waals surface area contributed by atoms with Crippen LogP contribution in [-0.2, 0) is 6.61 Å². The number of fused-ring (bicyclic) bond motifs is 1. The molecular formula is C25H17BrClIN2O6. The van der Waals surface area contributed by atoms with Crippen LogP contribution in [0.15, 0.2) is 68.6 Å². The minimum Gasteiger partial charge on any atom is -0.493 e. The summed E-state index contributed by atoms with van der Waals surface area (Å²) >= 11 is 12.0. The van der Waals surface area contributed by atoms with Crippen molar-refractivity contribution in [3.8, 4) is 11.5 Å². The second kappa shape index (κ2) is 11.3. The van der Waals surface area contributed by atoms with E-state index >= 15 is 0 Å². The molecule has 8 nitrogen and oxygen atoms in total. The highest BCUT2D eigenvalue weighted by Gasteiger charge is 2.15. The molecule has 0 aliphatic rings. The summed E-state index contributed by atoms with van der Waals surface area (Å²) in [5.41, 5.74) is 4.43. The van der Waals surface area contributed by atoms with Gasteiger partial charge in [0.25, 0.3) is 0 Å². The molecule has 2 N–H and O–H groups in total. The number of carboxylic acid groups (broad SMARTS) is 1. The largest absolute Gasteiger partial charge is 0.493 e. The Bertz CT molecular complexity index is 1500. The average molecular weight is 684 g/mol. The lowest BCUT2D eigenvalue weighted by Crippen LogP contribution is -2.16. The molecule has 11 heteroatoms. The number of carbonyl (C=O) groups excluding carboxylic acids is 1. The molecule has 0 aliphatic heterocycles. The van der Waals surface area contributed by atoms with E-state index in [1.165, 1.54) is 25.5 Å². The molecule has 0 bridgehead atoms. The summed E-state index contributed by atoms with van der Waals surface area (Å²) in [7, 11) is 1.47. The highest BCUT2D eigenvalue weighted by molar-refractivity contribution is 14.1. The Labute approximate surface area is 232 Å². The van der Waals surface area contributed by atoms with Crippen LogP contribution in [0.1, 0.15) is 32.0 Å². The zero-order valence-electron chi connectivity index (χ0n) is 18.6. The van der Waals surface area contributed by atoms with Gasteiger partial charge in [0.1, 0.15) is 12.2 Å². The van der Waals surface area contributed by atoms with Crippen molar-refractivity contribution in [3.63, 3.8) is 0 Å². The van der Waals surface area contributed by atoms with E-state index in [1.54, 1.807) is 30.3 Å². The van der Waals surface area contributed by atoms with Crippen LogP contribution < -0.4 is 14.9 Å². The van der Waals surface area contributed by atoms with Gasteiger partial charge in [-0.2, -0.15) is 5.10 Å². The van der Waals surface area contributed by atoms with Crippen molar-refractivity contribution in [2.75, 3.05) is 7.11 Å². The van der Waals surface area contributed by atoms with E-state index in [4.69, 9.17) is 30.6 Å². The van der Waals surface area contributed by atoms with Crippen LogP contribution in [0.25, 0.3) is 11.0 Å². The number of carboxylic acids is 1. The molecule has 184 valence electrons. The van der Waals surface area contributed by atoms with Gasteiger partial charge in [-0.1, -0.05) is 39.7 Å². The van der Waals surface area contributed by atoms with Gasteiger partial charge in [0.15, 0.2) is 17.3 Å². The highest BCUT2D eigenvalue weighted by atomic mass is 127. The van der Waals surface area contributed by atoms with E-state index in [2.05, 4.69) is 49.0 Å². The van der Waals surface area contributed by atoms with Crippen molar-refractivity contribution in [2.24, 2.45) is 5.10 Å². The summed E-state index contributed by atoms with van der Waals surface area (Å²) < 4.78 is 18.6. The first-order chi connectivity index (χ1) is 17.2. The Kier molecular flexibility index (Phi) is 8.17. The third-order valence-electron chi connectivity index (χ3n) is 4.95. The Hall–Kier alpha value is -3.09. The smallest absolute Gasteiger partial charge is 0.335 e. The summed E-state index contributed by atoms with van der Waals surface area (Å²) in [5.74, 6) is -0.752. The van der Waals surface area contributed by atoms with Crippen LogP contribution in [0.2, 0.25) is 5.02 Å². The van der Waals surface area contributed by atoms with Gasteiger partial charge in [-0.15, -0.1) is 0 Å². The molecule has 1 amide bonds. The molecule has 36 heavy (non-hydrogen) atoms. The number of hydrazone groups is 1. The fraction of sp³-hybridized carbons (Fsp3) is 0.0800. The van der Waals surface area contributed by atoms with Crippen LogP contribution >= 0.6 is 50.1 Å². The summed E-state index contributed by atoms with van der Waals surface area (Å²) in [4.78, 5) is 23.7. The molecule has 0 radical (unpaired) electrons. The van der Waals surface area contributed by atoms with Gasteiger partial charge in [-0.05, 0) is 76.2 Å². The maximum Gasteiger partial charge on any atom is 0.335 e. The first-order valence-corrected chi connectivity index (χ1v) is 12.5. The van der Waals surface area contributed by atoms with Gasteiger partial charge in [0.2, 0.25) is 0 Å². The molecular weight excluding hydrogens is 667 g/mol. The Morgan fingerprint density at radius 3 is 2.78 bits per heavy atom. The van der Waals surface area contributed by atoms with Crippen molar-refractivity contribution >= 4 is 79.2 Å². The van der Waals surface area contributed by atoms with Gasteiger partial charge in [0.05, 0.1) is 27.5 Å². The van der Waals surface area contributed by atoms with E-state index < -0.39 is 11.9 Å². The molecule has 0 atom stereocenters. The highest BCUT2D eigenvalue weighted by Crippen LogP contribution is 2.36. The number of nitrogens with one attached hydrogen (secondary N) is 1. The van der Waals surface area contributed by atoms with Crippen LogP contribution in [-0.4, -0.2) is 30.3 Å². The monoisotopic (exact) mass is 682 g/mol. The lowest BCUT2D eigenvalue weighted by molar-refractivity contribution is 0.0696. The van der Waals surface area contributed by atoms with E-state index in [-0.39, 0.29) is 23.0 Å². The average Bonchev–Trinajstić information content (AvgIpc) is 3.28. The van der Waals surface area contributed by atoms with E-state index in [0.29, 0.717) is 28.2 Å². The molecule has 1 aromatic heterocycles. The number of aromatic carboxylic acids is 1. The van der Waals surface area contributed by atoms with Crippen LogP contribution in [0.5, 0.6) is 11.5 Å². The zero-order chi connectivity index (χ0) is 25.8. The van der Waals surface area contributed by atoms with Gasteiger partial charge in [-0.3, -0.25) is 4.79 Å². The lowest BCUT2D eigenvalue weighted by Gasteiger charge is -2.13. The third kappa shape index (κ3) is 6.00. The van der Waals surface area contributed by atoms with Crippen LogP contribution in [0, 0.1) is 3.57 Å². The number of methoxy groups -OCH3 is 1. The number of ether oxygens (including phenoxy) is 2. The molecule has 4 rings (SSSR count). The van der Waals surface area contributed by atoms with Gasteiger partial charge < -0.3 is 19.0 Å². The molecule has 0 saturated heterocycles. The molecule has 1 heterocycles. The number of hydrogen-bond acceptors (Lipinski definition) is 6. The van der Waals surface area contributed by atoms with Gasteiger partial charge in [0, 0.05) is 9.86 Å². The third-order valence-corrected chi connectivity index (χ3v) is 6.49. The number of hydrogen-bond donors (Lipinski definition) is 2. The van der Waals surface area contributed by atoms with E-state index in [9.17, 15) is 9.59 Å². The van der Waals surface area contributed by atoms with Crippen molar-refractivity contribution in [1.29, 1.82) is 0 Å². The first-order valence-electron chi connectivity index (χ1n) is 10.3. The summed E-state index contributed by atoms with van der Waals surface area (Å²) in [6.07, 6.45) is 1.41. The number of amides is 1. The molecule has 0 saturated carbocycles. The van der Waals surface area contributed by atoms with Crippen LogP contribution in [0.3, 0.4) is 0 Å². The molecule has 0 unspecified atom stereocenters. The maximum atomic E-state index is 12.5. The number of furan rings is 1. The molecule has 0 spiro atoms. The number of benzene rings is 3.